The van der Waals surface area contributed by atoms with Gasteiger partial charge in [0.25, 0.3) is 0 Å². The van der Waals surface area contributed by atoms with Gasteiger partial charge in [-0.3, -0.25) is 10.1 Å². The summed E-state index contributed by atoms with van der Waals surface area (Å²) >= 11 is 0. The lowest BCUT2D eigenvalue weighted by molar-refractivity contribution is -0.385. The standard InChI is InChI=1S/C16H24N2O3/c1-4-21-15-7-5-6-14(16(15)18(19)20)17-13-9-11(2)8-12(3)10-13/h5-7,11-13,17H,4,8-10H2,1-3H3. The van der Waals surface area contributed by atoms with Crippen LogP contribution in [0.2, 0.25) is 0 Å². The molecule has 1 aromatic carbocycles. The Morgan fingerprint density at radius 2 is 1.95 bits per heavy atom. The van der Waals surface area contributed by atoms with Gasteiger partial charge in [0.05, 0.1) is 11.5 Å². The third-order valence-corrected chi connectivity index (χ3v) is 4.02. The Morgan fingerprint density at radius 3 is 2.52 bits per heavy atom. The normalized spacial score (nSPS) is 25.4. The van der Waals surface area contributed by atoms with Crippen molar-refractivity contribution in [3.05, 3.63) is 28.3 Å². The second-order valence-corrected chi connectivity index (χ2v) is 6.10. The van der Waals surface area contributed by atoms with Crippen LogP contribution in [0.5, 0.6) is 5.75 Å². The average Bonchev–Trinajstić information content (AvgIpc) is 2.37. The van der Waals surface area contributed by atoms with E-state index in [1.54, 1.807) is 18.2 Å². The Labute approximate surface area is 125 Å². The molecule has 1 aliphatic rings. The molecule has 0 aliphatic heterocycles. The summed E-state index contributed by atoms with van der Waals surface area (Å²) < 4.78 is 5.39. The Balaban J connectivity index is 2.22. The molecule has 2 unspecified atom stereocenters. The van der Waals surface area contributed by atoms with E-state index in [1.807, 2.05) is 6.92 Å². The molecule has 1 saturated carbocycles. The van der Waals surface area contributed by atoms with Crippen LogP contribution in [0.4, 0.5) is 11.4 Å². The Bertz CT molecular complexity index is 494. The molecule has 5 nitrogen and oxygen atoms in total. The molecule has 5 heteroatoms. The molecule has 2 rings (SSSR count). The summed E-state index contributed by atoms with van der Waals surface area (Å²) in [7, 11) is 0. The predicted octanol–water partition coefficient (Wildman–Crippen LogP) is 4.23. The molecule has 0 heterocycles. The molecular weight excluding hydrogens is 268 g/mol. The minimum absolute atomic E-state index is 0.0465. The number of hydrogen-bond acceptors (Lipinski definition) is 4. The lowest BCUT2D eigenvalue weighted by Crippen LogP contribution is -2.30. The second kappa shape index (κ2) is 6.78. The first-order chi connectivity index (χ1) is 10.0. The van der Waals surface area contributed by atoms with Gasteiger partial charge in [-0.15, -0.1) is 0 Å². The van der Waals surface area contributed by atoms with Crippen LogP contribution < -0.4 is 10.1 Å². The smallest absolute Gasteiger partial charge is 0.333 e. The highest BCUT2D eigenvalue weighted by Gasteiger charge is 2.27. The number of para-hydroxylation sites is 1. The van der Waals surface area contributed by atoms with Crippen LogP contribution in [0.15, 0.2) is 18.2 Å². The van der Waals surface area contributed by atoms with Crippen LogP contribution in [-0.2, 0) is 0 Å². The topological polar surface area (TPSA) is 64.4 Å². The molecule has 0 bridgehead atoms. The maximum atomic E-state index is 11.4. The highest BCUT2D eigenvalue weighted by Crippen LogP contribution is 2.37. The van der Waals surface area contributed by atoms with Crippen LogP contribution in [-0.4, -0.2) is 17.6 Å². The molecule has 0 saturated heterocycles. The molecule has 1 aromatic rings. The Morgan fingerprint density at radius 1 is 1.29 bits per heavy atom. The maximum absolute atomic E-state index is 11.4. The quantitative estimate of drug-likeness (QED) is 0.651. The van der Waals surface area contributed by atoms with Crippen molar-refractivity contribution < 1.29 is 9.66 Å². The van der Waals surface area contributed by atoms with Gasteiger partial charge in [0.15, 0.2) is 5.75 Å². The third-order valence-electron chi connectivity index (χ3n) is 4.02. The summed E-state index contributed by atoms with van der Waals surface area (Å²) in [5, 5.41) is 14.7. The molecule has 0 aromatic heterocycles. The van der Waals surface area contributed by atoms with E-state index in [-0.39, 0.29) is 10.6 Å². The number of nitro groups is 1. The highest BCUT2D eigenvalue weighted by atomic mass is 16.6. The number of nitrogens with one attached hydrogen (secondary N) is 1. The minimum Gasteiger partial charge on any atom is -0.487 e. The first kappa shape index (κ1) is 15.6. The number of ether oxygens (including phenoxy) is 1. The largest absolute Gasteiger partial charge is 0.487 e. The van der Waals surface area contributed by atoms with Gasteiger partial charge in [0.1, 0.15) is 5.69 Å². The first-order valence-corrected chi connectivity index (χ1v) is 7.68. The molecule has 21 heavy (non-hydrogen) atoms. The van der Waals surface area contributed by atoms with E-state index in [4.69, 9.17) is 4.74 Å². The van der Waals surface area contributed by atoms with Gasteiger partial charge in [0, 0.05) is 6.04 Å². The van der Waals surface area contributed by atoms with Crippen LogP contribution in [0.1, 0.15) is 40.0 Å². The summed E-state index contributed by atoms with van der Waals surface area (Å²) in [5.74, 6) is 1.64. The monoisotopic (exact) mass is 292 g/mol. The summed E-state index contributed by atoms with van der Waals surface area (Å²) in [5.41, 5.74) is 0.613. The van der Waals surface area contributed by atoms with Crippen molar-refractivity contribution >= 4 is 11.4 Å². The van der Waals surface area contributed by atoms with Crippen molar-refractivity contribution in [2.45, 2.75) is 46.1 Å². The number of nitrogens with zero attached hydrogens (tertiary/aromatic N) is 1. The fourth-order valence-corrected chi connectivity index (χ4v) is 3.38. The molecule has 0 spiro atoms. The van der Waals surface area contributed by atoms with Crippen molar-refractivity contribution in [1.82, 2.24) is 0 Å². The molecule has 1 fully saturated rings. The molecule has 1 N–H and O–H groups in total. The van der Waals surface area contributed by atoms with E-state index in [9.17, 15) is 10.1 Å². The van der Waals surface area contributed by atoms with Gasteiger partial charge >= 0.3 is 5.69 Å². The zero-order chi connectivity index (χ0) is 15.4. The Kier molecular flexibility index (Phi) is 5.04. The minimum atomic E-state index is -0.358. The van der Waals surface area contributed by atoms with Gasteiger partial charge in [-0.25, -0.2) is 0 Å². The lowest BCUT2D eigenvalue weighted by Gasteiger charge is -2.32. The number of anilines is 1. The van der Waals surface area contributed by atoms with Crippen LogP contribution in [0.25, 0.3) is 0 Å². The zero-order valence-electron chi connectivity index (χ0n) is 13.0. The van der Waals surface area contributed by atoms with E-state index in [2.05, 4.69) is 19.2 Å². The van der Waals surface area contributed by atoms with Crippen molar-refractivity contribution in [2.75, 3.05) is 11.9 Å². The van der Waals surface area contributed by atoms with Crippen molar-refractivity contribution in [3.8, 4) is 5.75 Å². The molecule has 1 aliphatic carbocycles. The van der Waals surface area contributed by atoms with E-state index in [0.717, 1.165) is 12.8 Å². The second-order valence-electron chi connectivity index (χ2n) is 6.10. The van der Waals surface area contributed by atoms with Crippen molar-refractivity contribution in [2.24, 2.45) is 11.8 Å². The van der Waals surface area contributed by atoms with E-state index in [0.29, 0.717) is 35.9 Å². The fourth-order valence-electron chi connectivity index (χ4n) is 3.38. The fraction of sp³-hybridized carbons (Fsp3) is 0.625. The lowest BCUT2D eigenvalue weighted by atomic mass is 9.80. The van der Waals surface area contributed by atoms with Crippen LogP contribution in [0, 0.1) is 22.0 Å². The van der Waals surface area contributed by atoms with Gasteiger partial charge in [-0.05, 0) is 50.2 Å². The summed E-state index contributed by atoms with van der Waals surface area (Å²) in [6.07, 6.45) is 3.35. The first-order valence-electron chi connectivity index (χ1n) is 7.68. The molecule has 2 atom stereocenters. The number of rotatable bonds is 5. The number of nitro benzene ring substituents is 1. The highest BCUT2D eigenvalue weighted by molar-refractivity contribution is 5.68. The maximum Gasteiger partial charge on any atom is 0.333 e. The molecule has 0 radical (unpaired) electrons. The molecular formula is C16H24N2O3. The predicted molar refractivity (Wildman–Crippen MR) is 83.9 cm³/mol. The SMILES string of the molecule is CCOc1cccc(NC2CC(C)CC(C)C2)c1[N+](=O)[O-]. The third kappa shape index (κ3) is 3.86. The molecule has 0 amide bonds. The van der Waals surface area contributed by atoms with Crippen molar-refractivity contribution in [1.29, 1.82) is 0 Å². The van der Waals surface area contributed by atoms with Gasteiger partial charge in [-0.2, -0.15) is 0 Å². The van der Waals surface area contributed by atoms with Gasteiger partial charge < -0.3 is 10.1 Å². The van der Waals surface area contributed by atoms with Crippen LogP contribution >= 0.6 is 0 Å². The summed E-state index contributed by atoms with van der Waals surface area (Å²) in [6.45, 7) is 6.74. The molecule has 116 valence electrons. The number of benzene rings is 1. The number of hydrogen-bond donors (Lipinski definition) is 1. The summed E-state index contributed by atoms with van der Waals surface area (Å²) in [4.78, 5) is 11.0. The summed E-state index contributed by atoms with van der Waals surface area (Å²) in [6, 6.07) is 5.51. The van der Waals surface area contributed by atoms with Crippen molar-refractivity contribution in [3.63, 3.8) is 0 Å². The van der Waals surface area contributed by atoms with Crippen LogP contribution in [0.3, 0.4) is 0 Å². The Hall–Kier alpha value is -1.78. The van der Waals surface area contributed by atoms with E-state index >= 15 is 0 Å². The van der Waals surface area contributed by atoms with E-state index in [1.165, 1.54) is 6.42 Å². The van der Waals surface area contributed by atoms with Gasteiger partial charge in [0.2, 0.25) is 0 Å². The van der Waals surface area contributed by atoms with Gasteiger partial charge in [-0.1, -0.05) is 19.9 Å². The zero-order valence-corrected chi connectivity index (χ0v) is 13.0. The van der Waals surface area contributed by atoms with E-state index < -0.39 is 0 Å². The average molecular weight is 292 g/mol.